The van der Waals surface area contributed by atoms with Crippen molar-refractivity contribution in [2.75, 3.05) is 5.75 Å². The molecule has 0 spiro atoms. The maximum atomic E-state index is 13.9. The normalized spacial score (nSPS) is 18.4. The predicted molar refractivity (Wildman–Crippen MR) is 151 cm³/mol. The van der Waals surface area contributed by atoms with Gasteiger partial charge >= 0.3 is 5.97 Å². The van der Waals surface area contributed by atoms with Crippen LogP contribution in [0.25, 0.3) is 5.57 Å². The molecule has 200 valence electrons. The van der Waals surface area contributed by atoms with E-state index in [1.165, 1.54) is 16.7 Å². The van der Waals surface area contributed by atoms with E-state index in [0.29, 0.717) is 0 Å². The summed E-state index contributed by atoms with van der Waals surface area (Å²) >= 11 is 1.32. The number of thioether (sulfide) groups is 1. The molecule has 0 saturated carbocycles. The molecule has 2 aliphatic rings. The number of benzene rings is 3. The molecule has 2 atom stereocenters. The van der Waals surface area contributed by atoms with Crippen LogP contribution in [-0.4, -0.2) is 33.9 Å². The maximum absolute atomic E-state index is 13.9. The van der Waals surface area contributed by atoms with Crippen LogP contribution in [0.2, 0.25) is 0 Å². The molecule has 40 heavy (non-hydrogen) atoms. The minimum absolute atomic E-state index is 0.00285. The van der Waals surface area contributed by atoms with Crippen molar-refractivity contribution in [3.63, 3.8) is 0 Å². The van der Waals surface area contributed by atoms with Crippen LogP contribution in [0, 0.1) is 0 Å². The quantitative estimate of drug-likeness (QED) is 0.201. The Morgan fingerprint density at radius 2 is 1.45 bits per heavy atom. The van der Waals surface area contributed by atoms with E-state index in [-0.39, 0.29) is 34.9 Å². The zero-order chi connectivity index (χ0) is 27.8. The Morgan fingerprint density at radius 1 is 0.875 bits per heavy atom. The minimum Gasteiger partial charge on any atom is -0.484 e. The fraction of sp³-hybridized carbons (Fsp3) is 0.161. The predicted octanol–water partition coefficient (Wildman–Crippen LogP) is 3.15. The second-order valence-electron chi connectivity index (χ2n) is 9.51. The lowest BCUT2D eigenvalue weighted by Gasteiger charge is -2.48. The number of nitrogens with two attached hydrogens (primary N) is 1. The molecule has 8 nitrogen and oxygen atoms in total. The summed E-state index contributed by atoms with van der Waals surface area (Å²) in [6, 6.07) is 26.9. The number of hydrogen-bond donors (Lipinski definition) is 1. The Labute approximate surface area is 233 Å². The van der Waals surface area contributed by atoms with Crippen molar-refractivity contribution in [3.05, 3.63) is 139 Å². The first-order valence-corrected chi connectivity index (χ1v) is 13.7. The highest BCUT2D eigenvalue weighted by Crippen LogP contribution is 2.44. The highest BCUT2D eigenvalue weighted by molar-refractivity contribution is 8.00. The molecule has 0 bridgehead atoms. The fourth-order valence-corrected chi connectivity index (χ4v) is 6.26. The number of carbonyl (C=O) groups excluding carboxylic acids is 2. The Morgan fingerprint density at radius 3 is 2.05 bits per heavy atom. The minimum atomic E-state index is -0.791. The Balaban J connectivity index is 1.40. The van der Waals surface area contributed by atoms with Crippen LogP contribution < -0.4 is 21.3 Å². The molecular formula is C31H24N2O6S. The van der Waals surface area contributed by atoms with Crippen molar-refractivity contribution in [1.82, 2.24) is 4.90 Å². The summed E-state index contributed by atoms with van der Waals surface area (Å²) in [5.41, 5.74) is 6.94. The van der Waals surface area contributed by atoms with Gasteiger partial charge in [-0.3, -0.25) is 19.3 Å². The van der Waals surface area contributed by atoms with E-state index in [2.05, 4.69) is 0 Å². The number of ether oxygens (including phenoxy) is 2. The molecular weight excluding hydrogens is 528 g/mol. The van der Waals surface area contributed by atoms with Gasteiger partial charge < -0.3 is 15.2 Å². The zero-order valence-electron chi connectivity index (χ0n) is 21.2. The van der Waals surface area contributed by atoms with Crippen molar-refractivity contribution < 1.29 is 19.1 Å². The average molecular weight is 553 g/mol. The van der Waals surface area contributed by atoms with Crippen LogP contribution in [0.5, 0.6) is 5.75 Å². The molecule has 6 rings (SSSR count). The first-order chi connectivity index (χ1) is 19.5. The van der Waals surface area contributed by atoms with Gasteiger partial charge in [-0.25, -0.2) is 4.79 Å². The molecule has 2 heterocycles. The average Bonchev–Trinajstić information content (AvgIpc) is 3.01. The monoisotopic (exact) mass is 552 g/mol. The molecule has 0 aromatic heterocycles. The van der Waals surface area contributed by atoms with E-state index in [9.17, 15) is 19.2 Å². The molecule has 0 aliphatic carbocycles. The van der Waals surface area contributed by atoms with Crippen LogP contribution in [-0.2, 0) is 20.9 Å². The molecule has 1 unspecified atom stereocenters. The third kappa shape index (κ3) is 4.43. The SMILES string of the molecule is NC1C(=O)N2C(C(=O)OC(c3ccccc3)c3ccccc3)=C(c3c(OCc4ccccc4)c(=O)c3=O)CS[C@H]12. The summed E-state index contributed by atoms with van der Waals surface area (Å²) < 4.78 is 11.8. The van der Waals surface area contributed by atoms with Crippen LogP contribution in [0.1, 0.15) is 28.4 Å². The van der Waals surface area contributed by atoms with Gasteiger partial charge in [0.15, 0.2) is 11.9 Å². The molecule has 2 N–H and O–H groups in total. The molecule has 2 aliphatic heterocycles. The number of nitrogens with zero attached hydrogens (tertiary/aromatic N) is 1. The van der Waals surface area contributed by atoms with E-state index in [1.807, 2.05) is 91.0 Å². The van der Waals surface area contributed by atoms with Crippen molar-refractivity contribution in [2.45, 2.75) is 24.1 Å². The van der Waals surface area contributed by atoms with Crippen molar-refractivity contribution >= 4 is 29.2 Å². The number of hydrogen-bond acceptors (Lipinski definition) is 8. The smallest absolute Gasteiger partial charge is 0.356 e. The largest absolute Gasteiger partial charge is 0.484 e. The van der Waals surface area contributed by atoms with E-state index in [4.69, 9.17) is 15.2 Å². The summed E-state index contributed by atoms with van der Waals surface area (Å²) in [6.07, 6.45) is -0.775. The maximum Gasteiger partial charge on any atom is 0.356 e. The van der Waals surface area contributed by atoms with Gasteiger partial charge in [0.2, 0.25) is 11.3 Å². The molecule has 1 saturated heterocycles. The van der Waals surface area contributed by atoms with E-state index in [1.54, 1.807) is 0 Å². The second-order valence-corrected chi connectivity index (χ2v) is 10.6. The van der Waals surface area contributed by atoms with Crippen LogP contribution in [0.4, 0.5) is 0 Å². The number of esters is 1. The second kappa shape index (κ2) is 10.6. The number of carbonyl (C=O) groups is 2. The number of amides is 1. The topological polar surface area (TPSA) is 116 Å². The van der Waals surface area contributed by atoms with Gasteiger partial charge in [0.25, 0.3) is 5.43 Å². The first kappa shape index (κ1) is 25.8. The molecule has 0 radical (unpaired) electrons. The van der Waals surface area contributed by atoms with E-state index < -0.39 is 40.3 Å². The van der Waals surface area contributed by atoms with Gasteiger partial charge in [0.05, 0.1) is 5.56 Å². The summed E-state index contributed by atoms with van der Waals surface area (Å²) in [7, 11) is 0. The molecule has 4 aromatic carbocycles. The third-order valence-corrected chi connectivity index (χ3v) is 8.33. The van der Waals surface area contributed by atoms with E-state index in [0.717, 1.165) is 16.7 Å². The van der Waals surface area contributed by atoms with Crippen molar-refractivity contribution in [2.24, 2.45) is 5.73 Å². The summed E-state index contributed by atoms with van der Waals surface area (Å²) in [5.74, 6) is -1.18. The lowest BCUT2D eigenvalue weighted by Crippen LogP contribution is -2.68. The summed E-state index contributed by atoms with van der Waals surface area (Å²) in [5, 5.41) is -0.481. The van der Waals surface area contributed by atoms with Gasteiger partial charge in [-0.1, -0.05) is 91.0 Å². The Hall–Kier alpha value is -4.47. The van der Waals surface area contributed by atoms with E-state index >= 15 is 0 Å². The Bertz CT molecular complexity index is 1640. The van der Waals surface area contributed by atoms with Crippen LogP contribution in [0.3, 0.4) is 0 Å². The third-order valence-electron chi connectivity index (χ3n) is 7.03. The highest BCUT2D eigenvalue weighted by atomic mass is 32.2. The summed E-state index contributed by atoms with van der Waals surface area (Å²) in [6.45, 7) is 0.0686. The first-order valence-electron chi connectivity index (χ1n) is 12.7. The molecule has 1 fully saturated rings. The van der Waals surface area contributed by atoms with Gasteiger partial charge in [-0.05, 0) is 16.7 Å². The van der Waals surface area contributed by atoms with Crippen molar-refractivity contribution in [3.8, 4) is 5.75 Å². The lowest BCUT2D eigenvalue weighted by molar-refractivity contribution is -0.152. The van der Waals surface area contributed by atoms with Crippen molar-refractivity contribution in [1.29, 1.82) is 0 Å². The lowest BCUT2D eigenvalue weighted by atomic mass is 9.95. The number of β-lactam (4-membered cyclic amide) rings is 1. The molecule has 1 amide bonds. The van der Waals surface area contributed by atoms with Crippen LogP contribution >= 0.6 is 11.8 Å². The number of rotatable bonds is 8. The standard InChI is InChI=1S/C31H24N2O6S/c32-23-29(36)33-24(31(37)39-27(19-12-6-2-7-13-19)20-14-8-3-9-15-20)21(17-40-30(23)33)22-25(34)26(35)28(22)38-16-18-10-4-1-5-11-18/h1-15,23,27,30H,16-17,32H2/t23?,30-/m1/s1. The number of fused-ring (bicyclic) bond motifs is 1. The van der Waals surface area contributed by atoms with Gasteiger partial charge in [0.1, 0.15) is 23.7 Å². The summed E-state index contributed by atoms with van der Waals surface area (Å²) in [4.78, 5) is 53.5. The molecule has 4 aromatic rings. The van der Waals surface area contributed by atoms with Gasteiger partial charge in [-0.15, -0.1) is 11.8 Å². The van der Waals surface area contributed by atoms with Crippen LogP contribution in [0.15, 0.2) is 106 Å². The molecule has 9 heteroatoms. The zero-order valence-corrected chi connectivity index (χ0v) is 22.0. The highest BCUT2D eigenvalue weighted by Gasteiger charge is 2.53. The van der Waals surface area contributed by atoms with Gasteiger partial charge in [-0.2, -0.15) is 0 Å². The van der Waals surface area contributed by atoms with Gasteiger partial charge in [0, 0.05) is 11.3 Å². The Kier molecular flexibility index (Phi) is 6.83. The fourth-order valence-electron chi connectivity index (χ4n) is 4.96.